The highest BCUT2D eigenvalue weighted by molar-refractivity contribution is 5.92. The molecule has 0 bridgehead atoms. The van der Waals surface area contributed by atoms with E-state index in [4.69, 9.17) is 14.2 Å². The summed E-state index contributed by atoms with van der Waals surface area (Å²) in [6.07, 6.45) is 7.15. The summed E-state index contributed by atoms with van der Waals surface area (Å²) in [7, 11) is 0. The number of alkyl halides is 3. The maximum absolute atomic E-state index is 13.4. The van der Waals surface area contributed by atoms with Gasteiger partial charge in [-0.25, -0.2) is 9.59 Å². The number of ether oxygens (including phenoxy) is 3. The second-order valence-corrected chi connectivity index (χ2v) is 11.1. The molecule has 44 heavy (non-hydrogen) atoms. The lowest BCUT2D eigenvalue weighted by atomic mass is 10.1. The van der Waals surface area contributed by atoms with Crippen LogP contribution in [0.1, 0.15) is 137 Å². The van der Waals surface area contributed by atoms with Crippen molar-refractivity contribution >= 4 is 17.9 Å². The summed E-state index contributed by atoms with van der Waals surface area (Å²) in [6, 6.07) is 11.1. The molecule has 1 unspecified atom stereocenters. The van der Waals surface area contributed by atoms with Crippen molar-refractivity contribution < 1.29 is 41.8 Å². The van der Waals surface area contributed by atoms with Gasteiger partial charge in [0.25, 0.3) is 0 Å². The fraction of sp³-hybridized carbons (Fsp3) is 0.571. The smallest absolute Gasteiger partial charge is 0.425 e. The van der Waals surface area contributed by atoms with Crippen molar-refractivity contribution in [1.82, 2.24) is 0 Å². The summed E-state index contributed by atoms with van der Waals surface area (Å²) >= 11 is 0. The summed E-state index contributed by atoms with van der Waals surface area (Å²) in [5, 5.41) is 0. The van der Waals surface area contributed by atoms with Crippen LogP contribution < -0.4 is 9.47 Å². The van der Waals surface area contributed by atoms with Gasteiger partial charge in [-0.3, -0.25) is 4.79 Å². The van der Waals surface area contributed by atoms with Crippen LogP contribution in [0.25, 0.3) is 0 Å². The Bertz CT molecular complexity index is 1110. The van der Waals surface area contributed by atoms with E-state index in [2.05, 4.69) is 13.8 Å². The van der Waals surface area contributed by atoms with Crippen molar-refractivity contribution in [2.45, 2.75) is 129 Å². The Balaban J connectivity index is 1.78. The Morgan fingerprint density at radius 1 is 0.591 bits per heavy atom. The van der Waals surface area contributed by atoms with Crippen molar-refractivity contribution in [2.24, 2.45) is 0 Å². The maximum Gasteiger partial charge on any atom is 0.425 e. The second-order valence-electron chi connectivity index (χ2n) is 11.1. The molecule has 0 amide bonds. The molecule has 0 aromatic heterocycles. The number of halogens is 3. The van der Waals surface area contributed by atoms with Gasteiger partial charge >= 0.3 is 24.1 Å². The Labute approximate surface area is 259 Å². The highest BCUT2D eigenvalue weighted by atomic mass is 19.4. The number of carbonyl (C=O) groups excluding carboxylic acids is 3. The molecule has 0 aliphatic carbocycles. The lowest BCUT2D eigenvalue weighted by Gasteiger charge is -2.20. The number of hydrogen-bond acceptors (Lipinski definition) is 6. The van der Waals surface area contributed by atoms with Crippen molar-refractivity contribution in [1.29, 1.82) is 0 Å². The molecule has 0 saturated carbocycles. The molecule has 0 radical (unpaired) electrons. The van der Waals surface area contributed by atoms with E-state index >= 15 is 0 Å². The predicted molar refractivity (Wildman–Crippen MR) is 164 cm³/mol. The van der Waals surface area contributed by atoms with Crippen molar-refractivity contribution in [2.75, 3.05) is 0 Å². The van der Waals surface area contributed by atoms with E-state index in [1.165, 1.54) is 80.6 Å². The van der Waals surface area contributed by atoms with Crippen LogP contribution >= 0.6 is 0 Å². The average molecular weight is 621 g/mol. The predicted octanol–water partition coefficient (Wildman–Crippen LogP) is 10.2. The van der Waals surface area contributed by atoms with Crippen molar-refractivity contribution in [3.05, 3.63) is 59.7 Å². The lowest BCUT2D eigenvalue weighted by Crippen LogP contribution is -2.33. The quantitative estimate of drug-likeness (QED) is 0.0785. The van der Waals surface area contributed by atoms with E-state index in [1.54, 1.807) is 0 Å². The molecule has 0 N–H and O–H groups in total. The van der Waals surface area contributed by atoms with Crippen molar-refractivity contribution in [3.63, 3.8) is 0 Å². The molecule has 0 fully saturated rings. The lowest BCUT2D eigenvalue weighted by molar-refractivity contribution is -0.206. The van der Waals surface area contributed by atoms with Gasteiger partial charge in [-0.1, -0.05) is 90.9 Å². The standard InChI is InChI=1S/C35H47F3O6/c1-3-5-7-9-11-12-14-16-18-32(39)42-29-23-19-27(20-24-29)33(40)43-30-25-21-28(22-26-30)34(41)44-31(35(36,37)38)17-15-13-10-8-6-4-2/h19-26,31H,3-18H2,1-2H3. The number of unbranched alkanes of at least 4 members (excludes halogenated alkanes) is 12. The third kappa shape index (κ3) is 14.9. The highest BCUT2D eigenvalue weighted by Gasteiger charge is 2.42. The van der Waals surface area contributed by atoms with Crippen molar-refractivity contribution in [3.8, 4) is 11.5 Å². The van der Waals surface area contributed by atoms with E-state index in [0.29, 0.717) is 25.0 Å². The molecule has 6 nitrogen and oxygen atoms in total. The molecule has 0 aliphatic heterocycles. The molecule has 0 aliphatic rings. The summed E-state index contributed by atoms with van der Waals surface area (Å²) in [5.74, 6) is -1.68. The van der Waals surface area contributed by atoms with Gasteiger partial charge in [-0.2, -0.15) is 13.2 Å². The molecule has 0 heterocycles. The summed E-state index contributed by atoms with van der Waals surface area (Å²) < 4.78 is 55.8. The molecule has 2 aromatic carbocycles. The highest BCUT2D eigenvalue weighted by Crippen LogP contribution is 2.28. The average Bonchev–Trinajstić information content (AvgIpc) is 2.99. The van der Waals surface area contributed by atoms with Gasteiger partial charge in [0, 0.05) is 6.42 Å². The zero-order valence-corrected chi connectivity index (χ0v) is 26.1. The summed E-state index contributed by atoms with van der Waals surface area (Å²) in [6.45, 7) is 4.25. The first kappa shape index (κ1) is 36.8. The molecule has 2 rings (SSSR count). The van der Waals surface area contributed by atoms with Crippen LogP contribution in [-0.4, -0.2) is 30.2 Å². The minimum Gasteiger partial charge on any atom is -0.449 e. The Morgan fingerprint density at radius 3 is 1.52 bits per heavy atom. The molecular weight excluding hydrogens is 573 g/mol. The summed E-state index contributed by atoms with van der Waals surface area (Å²) in [4.78, 5) is 37.1. The van der Waals surface area contributed by atoms with Crippen LogP contribution in [-0.2, 0) is 9.53 Å². The fourth-order valence-corrected chi connectivity index (χ4v) is 4.67. The molecule has 9 heteroatoms. The first-order valence-corrected chi connectivity index (χ1v) is 16.0. The number of carbonyl (C=O) groups is 3. The Morgan fingerprint density at radius 2 is 1.02 bits per heavy atom. The van der Waals surface area contributed by atoms with Gasteiger partial charge in [0.15, 0.2) is 6.10 Å². The van der Waals surface area contributed by atoms with Crippen LogP contribution in [0.2, 0.25) is 0 Å². The van der Waals surface area contributed by atoms with Gasteiger partial charge in [0.05, 0.1) is 11.1 Å². The first-order chi connectivity index (χ1) is 21.1. The number of esters is 3. The third-order valence-corrected chi connectivity index (χ3v) is 7.29. The molecule has 244 valence electrons. The number of benzene rings is 2. The van der Waals surface area contributed by atoms with Gasteiger partial charge < -0.3 is 14.2 Å². The van der Waals surface area contributed by atoms with Gasteiger partial charge in [-0.15, -0.1) is 0 Å². The van der Waals surface area contributed by atoms with E-state index in [0.717, 1.165) is 44.9 Å². The molecule has 2 aromatic rings. The van der Waals surface area contributed by atoms with E-state index in [-0.39, 0.29) is 29.3 Å². The molecule has 1 atom stereocenters. The van der Waals surface area contributed by atoms with Gasteiger partial charge in [0.2, 0.25) is 0 Å². The van der Waals surface area contributed by atoms with Crippen LogP contribution in [0.5, 0.6) is 11.5 Å². The van der Waals surface area contributed by atoms with Gasteiger partial charge in [0.1, 0.15) is 11.5 Å². The van der Waals surface area contributed by atoms with E-state index < -0.39 is 24.2 Å². The minimum absolute atomic E-state index is 0.0832. The second kappa shape index (κ2) is 20.6. The van der Waals surface area contributed by atoms with Crippen LogP contribution in [0.15, 0.2) is 48.5 Å². The third-order valence-electron chi connectivity index (χ3n) is 7.29. The van der Waals surface area contributed by atoms with Crippen LogP contribution in [0.4, 0.5) is 13.2 Å². The zero-order valence-electron chi connectivity index (χ0n) is 26.1. The number of hydrogen-bond donors (Lipinski definition) is 0. The Kier molecular flexibility index (Phi) is 17.2. The number of rotatable bonds is 21. The zero-order chi connectivity index (χ0) is 32.2. The van der Waals surface area contributed by atoms with Gasteiger partial charge in [-0.05, 0) is 67.8 Å². The maximum atomic E-state index is 13.4. The first-order valence-electron chi connectivity index (χ1n) is 16.0. The topological polar surface area (TPSA) is 78.9 Å². The summed E-state index contributed by atoms with van der Waals surface area (Å²) in [5.41, 5.74) is 0.124. The molecule has 0 saturated heterocycles. The fourth-order valence-electron chi connectivity index (χ4n) is 4.67. The van der Waals surface area contributed by atoms with E-state index in [1.807, 2.05) is 0 Å². The normalized spacial score (nSPS) is 12.0. The largest absolute Gasteiger partial charge is 0.449 e. The molecular formula is C35H47F3O6. The Hall–Kier alpha value is -3.36. The SMILES string of the molecule is CCCCCCCCCCC(=O)Oc1ccc(C(=O)Oc2ccc(C(=O)OC(CCCCCCCC)C(F)(F)F)cc2)cc1. The minimum atomic E-state index is -4.66. The van der Waals surface area contributed by atoms with Crippen LogP contribution in [0, 0.1) is 0 Å². The molecule has 0 spiro atoms. The van der Waals surface area contributed by atoms with E-state index in [9.17, 15) is 27.6 Å². The van der Waals surface area contributed by atoms with Crippen LogP contribution in [0.3, 0.4) is 0 Å². The monoisotopic (exact) mass is 620 g/mol.